The molecule has 1 aromatic heterocycles. The molecule has 0 aromatic carbocycles. The van der Waals surface area contributed by atoms with Crippen molar-refractivity contribution in [2.24, 2.45) is 7.05 Å². The molecule has 0 atom stereocenters. The van der Waals surface area contributed by atoms with E-state index in [2.05, 4.69) is 10.2 Å². The van der Waals surface area contributed by atoms with E-state index >= 15 is 0 Å². The third-order valence-corrected chi connectivity index (χ3v) is 5.09. The lowest BCUT2D eigenvalue weighted by Gasteiger charge is -2.14. The van der Waals surface area contributed by atoms with Gasteiger partial charge in [0, 0.05) is 37.9 Å². The van der Waals surface area contributed by atoms with E-state index in [-0.39, 0.29) is 11.9 Å². The third kappa shape index (κ3) is 4.84. The van der Waals surface area contributed by atoms with Crippen LogP contribution >= 0.6 is 0 Å². The van der Waals surface area contributed by atoms with Crippen molar-refractivity contribution in [3.8, 4) is 0 Å². The number of aromatic nitrogens is 1. The zero-order valence-electron chi connectivity index (χ0n) is 16.0. The van der Waals surface area contributed by atoms with Crippen LogP contribution in [0.2, 0.25) is 0 Å². The fourth-order valence-electron chi connectivity index (χ4n) is 3.58. The summed E-state index contributed by atoms with van der Waals surface area (Å²) in [5, 5.41) is 3.00. The number of hydrogen-bond acceptors (Lipinski definition) is 4. The first kappa shape index (κ1) is 19.5. The Bertz CT molecular complexity index is 616. The predicted molar refractivity (Wildman–Crippen MR) is 97.8 cm³/mol. The summed E-state index contributed by atoms with van der Waals surface area (Å²) in [4.78, 5) is 26.6. The number of esters is 1. The van der Waals surface area contributed by atoms with Crippen molar-refractivity contribution >= 4 is 11.9 Å². The molecular formula is C19H31N3O3. The number of rotatable bonds is 8. The van der Waals surface area contributed by atoms with E-state index in [1.807, 2.05) is 25.5 Å². The topological polar surface area (TPSA) is 63.6 Å². The highest BCUT2D eigenvalue weighted by Gasteiger charge is 2.22. The molecule has 1 fully saturated rings. The Balaban J connectivity index is 1.88. The molecule has 0 spiro atoms. The molecular weight excluding hydrogens is 318 g/mol. The highest BCUT2D eigenvalue weighted by Crippen LogP contribution is 2.23. The highest BCUT2D eigenvalue weighted by molar-refractivity contribution is 5.93. The Kier molecular flexibility index (Phi) is 7.05. The van der Waals surface area contributed by atoms with Crippen molar-refractivity contribution in [1.82, 2.24) is 14.8 Å². The average molecular weight is 349 g/mol. The van der Waals surface area contributed by atoms with Gasteiger partial charge in [-0.3, -0.25) is 4.79 Å². The summed E-state index contributed by atoms with van der Waals surface area (Å²) in [5.41, 5.74) is 3.47. The Hall–Kier alpha value is -1.82. The van der Waals surface area contributed by atoms with E-state index in [1.54, 1.807) is 6.92 Å². The zero-order valence-corrected chi connectivity index (χ0v) is 16.0. The van der Waals surface area contributed by atoms with Crippen LogP contribution in [-0.2, 0) is 23.0 Å². The first-order valence-electron chi connectivity index (χ1n) is 9.26. The van der Waals surface area contributed by atoms with Gasteiger partial charge in [-0.1, -0.05) is 0 Å². The minimum absolute atomic E-state index is 0.0649. The van der Waals surface area contributed by atoms with E-state index in [1.165, 1.54) is 12.8 Å². The number of carbonyl (C=O) groups is 2. The van der Waals surface area contributed by atoms with Crippen molar-refractivity contribution in [2.75, 3.05) is 32.8 Å². The number of hydrogen-bond donors (Lipinski definition) is 1. The molecule has 1 aliphatic rings. The molecule has 2 heterocycles. The standard InChI is InChI=1S/C19H31N3O3/c1-5-25-19(24)18-14(2)16(21(4)15(18)3)8-9-17(23)20-10-13-22-11-6-7-12-22/h5-13H2,1-4H3,(H,20,23). The van der Waals surface area contributed by atoms with Crippen LogP contribution in [0.3, 0.4) is 0 Å². The van der Waals surface area contributed by atoms with Gasteiger partial charge < -0.3 is 19.5 Å². The Morgan fingerprint density at radius 3 is 2.52 bits per heavy atom. The van der Waals surface area contributed by atoms with Crippen molar-refractivity contribution < 1.29 is 14.3 Å². The average Bonchev–Trinajstić information content (AvgIpc) is 3.14. The van der Waals surface area contributed by atoms with Crippen LogP contribution in [0.1, 0.15) is 53.5 Å². The first-order valence-corrected chi connectivity index (χ1v) is 9.26. The van der Waals surface area contributed by atoms with Gasteiger partial charge in [0.15, 0.2) is 0 Å². The van der Waals surface area contributed by atoms with Gasteiger partial charge >= 0.3 is 5.97 Å². The Morgan fingerprint density at radius 1 is 1.20 bits per heavy atom. The number of nitrogens with one attached hydrogen (secondary N) is 1. The summed E-state index contributed by atoms with van der Waals surface area (Å²) in [6.07, 6.45) is 3.59. The molecule has 2 rings (SSSR count). The Morgan fingerprint density at radius 2 is 1.88 bits per heavy atom. The minimum Gasteiger partial charge on any atom is -0.462 e. The number of ether oxygens (including phenoxy) is 1. The molecule has 1 N–H and O–H groups in total. The van der Waals surface area contributed by atoms with Crippen molar-refractivity contribution in [2.45, 2.75) is 46.5 Å². The van der Waals surface area contributed by atoms with Gasteiger partial charge in [-0.25, -0.2) is 4.79 Å². The molecule has 1 saturated heterocycles. The largest absolute Gasteiger partial charge is 0.462 e. The van der Waals surface area contributed by atoms with E-state index < -0.39 is 0 Å². The second-order valence-electron chi connectivity index (χ2n) is 6.71. The molecule has 0 bridgehead atoms. The maximum atomic E-state index is 12.1. The summed E-state index contributed by atoms with van der Waals surface area (Å²) in [7, 11) is 1.94. The molecule has 140 valence electrons. The molecule has 0 aliphatic carbocycles. The molecule has 25 heavy (non-hydrogen) atoms. The van der Waals surface area contributed by atoms with Crippen LogP contribution in [0.5, 0.6) is 0 Å². The van der Waals surface area contributed by atoms with E-state index in [0.29, 0.717) is 31.6 Å². The van der Waals surface area contributed by atoms with Crippen LogP contribution in [0.4, 0.5) is 0 Å². The van der Waals surface area contributed by atoms with Crippen molar-refractivity contribution in [3.05, 3.63) is 22.5 Å². The lowest BCUT2D eigenvalue weighted by molar-refractivity contribution is -0.121. The maximum absolute atomic E-state index is 12.1. The minimum atomic E-state index is -0.283. The van der Waals surface area contributed by atoms with E-state index in [4.69, 9.17) is 4.74 Å². The lowest BCUT2D eigenvalue weighted by atomic mass is 10.1. The van der Waals surface area contributed by atoms with Crippen LogP contribution < -0.4 is 5.32 Å². The van der Waals surface area contributed by atoms with E-state index in [0.717, 1.165) is 36.6 Å². The maximum Gasteiger partial charge on any atom is 0.340 e. The molecule has 1 aromatic rings. The third-order valence-electron chi connectivity index (χ3n) is 5.09. The fraction of sp³-hybridized carbons (Fsp3) is 0.684. The van der Waals surface area contributed by atoms with Gasteiger partial charge in [-0.2, -0.15) is 0 Å². The van der Waals surface area contributed by atoms with Crippen LogP contribution in [0.25, 0.3) is 0 Å². The fourth-order valence-corrected chi connectivity index (χ4v) is 3.58. The van der Waals surface area contributed by atoms with E-state index in [9.17, 15) is 9.59 Å². The summed E-state index contributed by atoms with van der Waals surface area (Å²) in [6, 6.07) is 0. The molecule has 6 heteroatoms. The second-order valence-corrected chi connectivity index (χ2v) is 6.71. The molecule has 0 unspecified atom stereocenters. The summed E-state index contributed by atoms with van der Waals surface area (Å²) in [5.74, 6) is -0.218. The summed E-state index contributed by atoms with van der Waals surface area (Å²) < 4.78 is 7.15. The summed E-state index contributed by atoms with van der Waals surface area (Å²) in [6.45, 7) is 9.95. The van der Waals surface area contributed by atoms with Gasteiger partial charge in [0.25, 0.3) is 0 Å². The van der Waals surface area contributed by atoms with Crippen molar-refractivity contribution in [3.63, 3.8) is 0 Å². The zero-order chi connectivity index (χ0) is 18.4. The number of amides is 1. The number of carbonyl (C=O) groups excluding carboxylic acids is 2. The van der Waals surface area contributed by atoms with Gasteiger partial charge in [-0.15, -0.1) is 0 Å². The van der Waals surface area contributed by atoms with Crippen LogP contribution in [0, 0.1) is 13.8 Å². The highest BCUT2D eigenvalue weighted by atomic mass is 16.5. The SMILES string of the molecule is CCOC(=O)c1c(C)c(CCC(=O)NCCN2CCCC2)n(C)c1C. The molecule has 0 saturated carbocycles. The Labute approximate surface area is 150 Å². The van der Waals surface area contributed by atoms with Crippen LogP contribution in [0.15, 0.2) is 0 Å². The molecule has 0 radical (unpaired) electrons. The van der Waals surface area contributed by atoms with Crippen LogP contribution in [-0.4, -0.2) is 54.1 Å². The van der Waals surface area contributed by atoms with Gasteiger partial charge in [0.05, 0.1) is 12.2 Å². The number of nitrogens with zero attached hydrogens (tertiary/aromatic N) is 2. The lowest BCUT2D eigenvalue weighted by Crippen LogP contribution is -2.33. The monoisotopic (exact) mass is 349 g/mol. The number of likely N-dealkylation sites (tertiary alicyclic amines) is 1. The van der Waals surface area contributed by atoms with Gasteiger partial charge in [0.1, 0.15) is 0 Å². The molecule has 6 nitrogen and oxygen atoms in total. The first-order chi connectivity index (χ1) is 12.0. The molecule has 1 aliphatic heterocycles. The smallest absolute Gasteiger partial charge is 0.340 e. The quantitative estimate of drug-likeness (QED) is 0.729. The van der Waals surface area contributed by atoms with Gasteiger partial charge in [0.2, 0.25) is 5.91 Å². The predicted octanol–water partition coefficient (Wildman–Crippen LogP) is 1.96. The van der Waals surface area contributed by atoms with Gasteiger partial charge in [-0.05, 0) is 58.7 Å². The second kappa shape index (κ2) is 9.04. The van der Waals surface area contributed by atoms with Crippen molar-refractivity contribution in [1.29, 1.82) is 0 Å². The normalized spacial score (nSPS) is 14.7. The molecule has 1 amide bonds. The summed E-state index contributed by atoms with van der Waals surface area (Å²) >= 11 is 0.